The van der Waals surface area contributed by atoms with Crippen LogP contribution in [0.4, 0.5) is 5.69 Å². The molecular formula is C25H22N2O4. The molecule has 0 saturated heterocycles. The standard InChI is InChI=1S/C25H22N2O4/c1-19-8-12-21(13-9-19)27(17-5-16-26)24(28)18-30-25(29)20-10-14-23(15-11-20)31-22-6-3-2-4-7-22/h2-4,6-15H,5,17-18H2,1H3. The van der Waals surface area contributed by atoms with Crippen LogP contribution in [0.15, 0.2) is 78.9 Å². The average molecular weight is 414 g/mol. The number of hydrogen-bond acceptors (Lipinski definition) is 5. The lowest BCUT2D eigenvalue weighted by atomic mass is 10.2. The van der Waals surface area contributed by atoms with E-state index in [-0.39, 0.29) is 13.0 Å². The largest absolute Gasteiger partial charge is 0.457 e. The first-order valence-corrected chi connectivity index (χ1v) is 9.81. The van der Waals surface area contributed by atoms with Crippen molar-refractivity contribution in [3.05, 3.63) is 90.0 Å². The van der Waals surface area contributed by atoms with E-state index in [0.717, 1.165) is 5.56 Å². The summed E-state index contributed by atoms with van der Waals surface area (Å²) in [7, 11) is 0. The first kappa shape index (κ1) is 21.6. The Morgan fingerprint density at radius 2 is 1.55 bits per heavy atom. The first-order chi connectivity index (χ1) is 15.1. The van der Waals surface area contributed by atoms with Crippen molar-refractivity contribution in [1.29, 1.82) is 5.26 Å². The molecule has 0 N–H and O–H groups in total. The third kappa shape index (κ3) is 6.18. The zero-order valence-electron chi connectivity index (χ0n) is 17.2. The second-order valence-electron chi connectivity index (χ2n) is 6.80. The van der Waals surface area contributed by atoms with Gasteiger partial charge in [0, 0.05) is 12.2 Å². The molecule has 0 aliphatic rings. The molecule has 0 aromatic heterocycles. The first-order valence-electron chi connectivity index (χ1n) is 9.81. The van der Waals surface area contributed by atoms with Gasteiger partial charge in [-0.15, -0.1) is 0 Å². The molecule has 6 heteroatoms. The Labute approximate surface area is 181 Å². The van der Waals surface area contributed by atoms with Crippen molar-refractivity contribution in [2.24, 2.45) is 0 Å². The smallest absolute Gasteiger partial charge is 0.338 e. The molecule has 0 radical (unpaired) electrons. The van der Waals surface area contributed by atoms with Gasteiger partial charge in [0.25, 0.3) is 5.91 Å². The van der Waals surface area contributed by atoms with Crippen molar-refractivity contribution in [2.45, 2.75) is 13.3 Å². The second-order valence-corrected chi connectivity index (χ2v) is 6.80. The number of para-hydroxylation sites is 1. The van der Waals surface area contributed by atoms with Gasteiger partial charge in [-0.1, -0.05) is 35.9 Å². The molecule has 156 valence electrons. The number of ether oxygens (including phenoxy) is 2. The summed E-state index contributed by atoms with van der Waals surface area (Å²) < 4.78 is 10.9. The minimum absolute atomic E-state index is 0.177. The summed E-state index contributed by atoms with van der Waals surface area (Å²) in [5, 5.41) is 8.89. The number of aryl methyl sites for hydroxylation is 1. The number of rotatable bonds is 8. The number of hydrogen-bond donors (Lipinski definition) is 0. The van der Waals surface area contributed by atoms with Gasteiger partial charge in [-0.25, -0.2) is 4.79 Å². The quantitative estimate of drug-likeness (QED) is 0.490. The van der Waals surface area contributed by atoms with Gasteiger partial charge < -0.3 is 14.4 Å². The average Bonchev–Trinajstić information content (AvgIpc) is 2.80. The highest BCUT2D eigenvalue weighted by Gasteiger charge is 2.18. The van der Waals surface area contributed by atoms with Crippen LogP contribution in [-0.2, 0) is 9.53 Å². The van der Waals surface area contributed by atoms with Crippen LogP contribution in [0.2, 0.25) is 0 Å². The van der Waals surface area contributed by atoms with Crippen molar-refractivity contribution in [3.63, 3.8) is 0 Å². The van der Waals surface area contributed by atoms with Crippen molar-refractivity contribution < 1.29 is 19.1 Å². The van der Waals surface area contributed by atoms with Gasteiger partial charge in [0.2, 0.25) is 0 Å². The van der Waals surface area contributed by atoms with Crippen LogP contribution >= 0.6 is 0 Å². The van der Waals surface area contributed by atoms with E-state index in [1.807, 2.05) is 55.5 Å². The number of carbonyl (C=O) groups excluding carboxylic acids is 2. The molecule has 31 heavy (non-hydrogen) atoms. The minimum Gasteiger partial charge on any atom is -0.457 e. The maximum absolute atomic E-state index is 12.6. The van der Waals surface area contributed by atoms with E-state index in [9.17, 15) is 9.59 Å². The van der Waals surface area contributed by atoms with Gasteiger partial charge in [0.05, 0.1) is 18.1 Å². The summed E-state index contributed by atoms with van der Waals surface area (Å²) >= 11 is 0. The van der Waals surface area contributed by atoms with Crippen LogP contribution in [-0.4, -0.2) is 25.0 Å². The topological polar surface area (TPSA) is 79.6 Å². The van der Waals surface area contributed by atoms with E-state index in [1.165, 1.54) is 4.90 Å². The molecule has 0 fully saturated rings. The molecule has 0 heterocycles. The Morgan fingerprint density at radius 1 is 0.903 bits per heavy atom. The van der Waals surface area contributed by atoms with E-state index in [1.54, 1.807) is 36.4 Å². The molecule has 6 nitrogen and oxygen atoms in total. The molecule has 0 bridgehead atoms. The third-order valence-corrected chi connectivity index (χ3v) is 4.49. The zero-order valence-corrected chi connectivity index (χ0v) is 17.2. The van der Waals surface area contributed by atoms with Gasteiger partial charge in [-0.05, 0) is 55.5 Å². The highest BCUT2D eigenvalue weighted by Crippen LogP contribution is 2.21. The number of carbonyl (C=O) groups is 2. The molecule has 0 spiro atoms. The lowest BCUT2D eigenvalue weighted by Gasteiger charge is -2.21. The summed E-state index contributed by atoms with van der Waals surface area (Å²) in [5.74, 6) is 0.276. The monoisotopic (exact) mass is 414 g/mol. The third-order valence-electron chi connectivity index (χ3n) is 4.49. The fraction of sp³-hybridized carbons (Fsp3) is 0.160. The normalized spacial score (nSPS) is 10.1. The van der Waals surface area contributed by atoms with Crippen molar-refractivity contribution >= 4 is 17.6 Å². The molecule has 0 atom stereocenters. The summed E-state index contributed by atoms with van der Waals surface area (Å²) in [6.45, 7) is 1.75. The molecule has 0 unspecified atom stereocenters. The van der Waals surface area contributed by atoms with Crippen LogP contribution in [0.5, 0.6) is 11.5 Å². The highest BCUT2D eigenvalue weighted by atomic mass is 16.5. The van der Waals surface area contributed by atoms with Crippen LogP contribution in [0.25, 0.3) is 0 Å². The zero-order chi connectivity index (χ0) is 22.1. The lowest BCUT2D eigenvalue weighted by Crippen LogP contribution is -2.35. The number of amides is 1. The number of nitrogens with zero attached hydrogens (tertiary/aromatic N) is 2. The van der Waals surface area contributed by atoms with Crippen LogP contribution in [0.3, 0.4) is 0 Å². The van der Waals surface area contributed by atoms with E-state index in [2.05, 4.69) is 0 Å². The highest BCUT2D eigenvalue weighted by molar-refractivity contribution is 5.97. The fourth-order valence-electron chi connectivity index (χ4n) is 2.86. The summed E-state index contributed by atoms with van der Waals surface area (Å²) in [6, 6.07) is 25.2. The van der Waals surface area contributed by atoms with Gasteiger partial charge >= 0.3 is 5.97 Å². The predicted molar refractivity (Wildman–Crippen MR) is 117 cm³/mol. The van der Waals surface area contributed by atoms with E-state index in [4.69, 9.17) is 14.7 Å². The van der Waals surface area contributed by atoms with Crippen molar-refractivity contribution in [3.8, 4) is 17.6 Å². The SMILES string of the molecule is Cc1ccc(N(CCC#N)C(=O)COC(=O)c2ccc(Oc3ccccc3)cc2)cc1. The Bertz CT molecular complexity index is 1060. The molecular weight excluding hydrogens is 392 g/mol. The Hall–Kier alpha value is -4.11. The summed E-state index contributed by atoms with van der Waals surface area (Å²) in [5.41, 5.74) is 2.03. The van der Waals surface area contributed by atoms with Crippen molar-refractivity contribution in [2.75, 3.05) is 18.1 Å². The van der Waals surface area contributed by atoms with Crippen LogP contribution < -0.4 is 9.64 Å². The minimum atomic E-state index is -0.608. The molecule has 3 aromatic carbocycles. The lowest BCUT2D eigenvalue weighted by molar-refractivity contribution is -0.121. The maximum Gasteiger partial charge on any atom is 0.338 e. The van der Waals surface area contributed by atoms with E-state index < -0.39 is 18.5 Å². The maximum atomic E-state index is 12.6. The Morgan fingerprint density at radius 3 is 2.19 bits per heavy atom. The van der Waals surface area contributed by atoms with Crippen LogP contribution in [0.1, 0.15) is 22.3 Å². The van der Waals surface area contributed by atoms with Gasteiger partial charge in [0.1, 0.15) is 11.5 Å². The van der Waals surface area contributed by atoms with Gasteiger partial charge in [0.15, 0.2) is 6.61 Å². The molecule has 1 amide bonds. The Balaban J connectivity index is 1.59. The number of benzene rings is 3. The predicted octanol–water partition coefficient (Wildman–Crippen LogP) is 4.89. The molecule has 3 rings (SSSR count). The van der Waals surface area contributed by atoms with E-state index >= 15 is 0 Å². The Kier molecular flexibility index (Phi) is 7.39. The van der Waals surface area contributed by atoms with Gasteiger partial charge in [-0.2, -0.15) is 5.26 Å². The van der Waals surface area contributed by atoms with E-state index in [0.29, 0.717) is 22.7 Å². The molecule has 0 aliphatic heterocycles. The summed E-state index contributed by atoms with van der Waals surface area (Å²) in [4.78, 5) is 26.4. The number of esters is 1. The molecule has 0 aliphatic carbocycles. The summed E-state index contributed by atoms with van der Waals surface area (Å²) in [6.07, 6.45) is 0.177. The number of anilines is 1. The molecule has 3 aromatic rings. The fourth-order valence-corrected chi connectivity index (χ4v) is 2.86. The van der Waals surface area contributed by atoms with Crippen molar-refractivity contribution in [1.82, 2.24) is 0 Å². The number of nitriles is 1. The second kappa shape index (κ2) is 10.6. The van der Waals surface area contributed by atoms with Crippen LogP contribution in [0, 0.1) is 18.3 Å². The van der Waals surface area contributed by atoms with Gasteiger partial charge in [-0.3, -0.25) is 4.79 Å². The molecule has 0 saturated carbocycles.